The van der Waals surface area contributed by atoms with Gasteiger partial charge in [-0.25, -0.2) is 9.37 Å². The number of hydrogen-bond donors (Lipinski definition) is 1. The third kappa shape index (κ3) is 2.15. The number of benzene rings is 1. The number of H-pyrrole nitrogens is 1. The lowest BCUT2D eigenvalue weighted by Crippen LogP contribution is -1.93. The standard InChI is InChI=1S/C15H9FN4/c16-12-4-1-10(2-5-12)13-6-3-11(9-17)15(19-13)14-7-8-18-20-14/h1-8H,(H,18,20). The SMILES string of the molecule is N#Cc1ccc(-c2ccc(F)cc2)nc1-c1cc[nH]n1. The molecule has 5 heteroatoms. The number of pyridine rings is 1. The number of nitrogens with one attached hydrogen (secondary N) is 1. The van der Waals surface area contributed by atoms with Gasteiger partial charge in [-0.1, -0.05) is 0 Å². The topological polar surface area (TPSA) is 65.4 Å². The normalized spacial score (nSPS) is 10.2. The van der Waals surface area contributed by atoms with Gasteiger partial charge >= 0.3 is 0 Å². The smallest absolute Gasteiger partial charge is 0.123 e. The molecule has 3 rings (SSSR count). The second-order valence-electron chi connectivity index (χ2n) is 4.17. The van der Waals surface area contributed by atoms with Crippen molar-refractivity contribution in [3.63, 3.8) is 0 Å². The minimum atomic E-state index is -0.296. The summed E-state index contributed by atoms with van der Waals surface area (Å²) in [5.41, 5.74) is 3.01. The van der Waals surface area contributed by atoms with Crippen LogP contribution in [0.3, 0.4) is 0 Å². The molecule has 0 spiro atoms. The highest BCUT2D eigenvalue weighted by Gasteiger charge is 2.11. The predicted octanol–water partition coefficient (Wildman–Crippen LogP) is 3.15. The molecule has 0 saturated heterocycles. The van der Waals surface area contributed by atoms with Crippen molar-refractivity contribution in [2.24, 2.45) is 0 Å². The van der Waals surface area contributed by atoms with E-state index < -0.39 is 0 Å². The summed E-state index contributed by atoms with van der Waals surface area (Å²) in [6, 6.07) is 13.3. The summed E-state index contributed by atoms with van der Waals surface area (Å²) in [6.45, 7) is 0. The molecule has 0 atom stereocenters. The third-order valence-electron chi connectivity index (χ3n) is 2.90. The highest BCUT2D eigenvalue weighted by atomic mass is 19.1. The minimum Gasteiger partial charge on any atom is -0.285 e. The van der Waals surface area contributed by atoms with Gasteiger partial charge in [0.2, 0.25) is 0 Å². The number of nitriles is 1. The highest BCUT2D eigenvalue weighted by molar-refractivity contribution is 5.68. The largest absolute Gasteiger partial charge is 0.285 e. The van der Waals surface area contributed by atoms with Gasteiger partial charge in [-0.3, -0.25) is 5.10 Å². The third-order valence-corrected chi connectivity index (χ3v) is 2.90. The van der Waals surface area contributed by atoms with E-state index in [4.69, 9.17) is 5.26 Å². The molecule has 20 heavy (non-hydrogen) atoms. The van der Waals surface area contributed by atoms with E-state index in [1.54, 1.807) is 36.5 Å². The molecule has 96 valence electrons. The van der Waals surface area contributed by atoms with E-state index in [0.717, 1.165) is 5.56 Å². The Hall–Kier alpha value is -3.00. The maximum atomic E-state index is 12.9. The second kappa shape index (κ2) is 4.94. The fourth-order valence-electron chi connectivity index (χ4n) is 1.92. The summed E-state index contributed by atoms with van der Waals surface area (Å²) in [6.07, 6.45) is 1.67. The molecule has 4 nitrogen and oxygen atoms in total. The van der Waals surface area contributed by atoms with Crippen LogP contribution in [-0.4, -0.2) is 15.2 Å². The molecular formula is C15H9FN4. The number of hydrogen-bond acceptors (Lipinski definition) is 3. The Labute approximate surface area is 114 Å². The van der Waals surface area contributed by atoms with Gasteiger partial charge in [0, 0.05) is 11.8 Å². The van der Waals surface area contributed by atoms with Crippen LogP contribution >= 0.6 is 0 Å². The van der Waals surface area contributed by atoms with Crippen LogP contribution in [-0.2, 0) is 0 Å². The van der Waals surface area contributed by atoms with Crippen molar-refractivity contribution in [3.05, 3.63) is 60.0 Å². The van der Waals surface area contributed by atoms with Gasteiger partial charge in [0.05, 0.1) is 11.3 Å². The summed E-state index contributed by atoms with van der Waals surface area (Å²) < 4.78 is 12.9. The minimum absolute atomic E-state index is 0.296. The fourth-order valence-corrected chi connectivity index (χ4v) is 1.92. The van der Waals surface area contributed by atoms with Crippen LogP contribution in [0.5, 0.6) is 0 Å². The van der Waals surface area contributed by atoms with Gasteiger partial charge in [-0.15, -0.1) is 0 Å². The van der Waals surface area contributed by atoms with Crippen LogP contribution in [0.2, 0.25) is 0 Å². The van der Waals surface area contributed by atoms with E-state index in [-0.39, 0.29) is 5.82 Å². The molecular weight excluding hydrogens is 255 g/mol. The molecule has 2 aromatic heterocycles. The molecule has 0 aliphatic heterocycles. The molecule has 0 amide bonds. The van der Waals surface area contributed by atoms with Crippen molar-refractivity contribution in [2.45, 2.75) is 0 Å². The van der Waals surface area contributed by atoms with Crippen molar-refractivity contribution >= 4 is 0 Å². The average Bonchev–Trinajstić information content (AvgIpc) is 3.01. The number of aromatic nitrogens is 3. The summed E-state index contributed by atoms with van der Waals surface area (Å²) in [5, 5.41) is 15.9. The first kappa shape index (κ1) is 12.1. The van der Waals surface area contributed by atoms with Crippen LogP contribution < -0.4 is 0 Å². The number of aromatic amines is 1. The molecule has 0 bridgehead atoms. The summed E-state index contributed by atoms with van der Waals surface area (Å²) in [5.74, 6) is -0.296. The van der Waals surface area contributed by atoms with E-state index >= 15 is 0 Å². The molecule has 0 aliphatic carbocycles. The first-order chi connectivity index (χ1) is 9.78. The van der Waals surface area contributed by atoms with Crippen molar-refractivity contribution < 1.29 is 4.39 Å². The van der Waals surface area contributed by atoms with Crippen LogP contribution in [0.15, 0.2) is 48.7 Å². The van der Waals surface area contributed by atoms with Gasteiger partial charge in [0.1, 0.15) is 23.3 Å². The molecule has 1 aromatic carbocycles. The fraction of sp³-hybridized carbons (Fsp3) is 0. The quantitative estimate of drug-likeness (QED) is 0.773. The van der Waals surface area contributed by atoms with Crippen LogP contribution in [0.25, 0.3) is 22.6 Å². The average molecular weight is 264 g/mol. The van der Waals surface area contributed by atoms with Crippen molar-refractivity contribution in [1.29, 1.82) is 5.26 Å². The van der Waals surface area contributed by atoms with Crippen LogP contribution in [0, 0.1) is 17.1 Å². The maximum Gasteiger partial charge on any atom is 0.123 e. The highest BCUT2D eigenvalue weighted by Crippen LogP contribution is 2.24. The summed E-state index contributed by atoms with van der Waals surface area (Å²) in [7, 11) is 0. The molecule has 0 aliphatic rings. The first-order valence-corrected chi connectivity index (χ1v) is 5.95. The second-order valence-corrected chi connectivity index (χ2v) is 4.17. The lowest BCUT2D eigenvalue weighted by atomic mass is 10.1. The van der Waals surface area contributed by atoms with Crippen molar-refractivity contribution in [3.8, 4) is 28.7 Å². The van der Waals surface area contributed by atoms with Crippen LogP contribution in [0.4, 0.5) is 4.39 Å². The Kier molecular flexibility index (Phi) is 2.98. The van der Waals surface area contributed by atoms with Gasteiger partial charge in [-0.2, -0.15) is 10.4 Å². The molecule has 3 aromatic rings. The predicted molar refractivity (Wildman–Crippen MR) is 71.9 cm³/mol. The number of halogens is 1. The van der Waals surface area contributed by atoms with E-state index in [1.165, 1.54) is 12.1 Å². The lowest BCUT2D eigenvalue weighted by Gasteiger charge is -2.05. The van der Waals surface area contributed by atoms with E-state index in [2.05, 4.69) is 21.3 Å². The zero-order valence-corrected chi connectivity index (χ0v) is 10.3. The van der Waals surface area contributed by atoms with Gasteiger partial charge < -0.3 is 0 Å². The zero-order valence-electron chi connectivity index (χ0n) is 10.3. The molecule has 0 fully saturated rings. The first-order valence-electron chi connectivity index (χ1n) is 5.95. The van der Waals surface area contributed by atoms with Gasteiger partial charge in [0.25, 0.3) is 0 Å². The Morgan fingerprint density at radius 2 is 1.80 bits per heavy atom. The summed E-state index contributed by atoms with van der Waals surface area (Å²) in [4.78, 5) is 4.46. The monoisotopic (exact) mass is 264 g/mol. The molecule has 2 heterocycles. The Morgan fingerprint density at radius 1 is 1.00 bits per heavy atom. The lowest BCUT2D eigenvalue weighted by molar-refractivity contribution is 0.628. The zero-order chi connectivity index (χ0) is 13.9. The van der Waals surface area contributed by atoms with E-state index in [1.807, 2.05) is 0 Å². The Morgan fingerprint density at radius 3 is 2.45 bits per heavy atom. The van der Waals surface area contributed by atoms with Crippen molar-refractivity contribution in [2.75, 3.05) is 0 Å². The molecule has 0 unspecified atom stereocenters. The summed E-state index contributed by atoms with van der Waals surface area (Å²) >= 11 is 0. The van der Waals surface area contributed by atoms with E-state index in [0.29, 0.717) is 22.6 Å². The van der Waals surface area contributed by atoms with Gasteiger partial charge in [-0.05, 0) is 42.5 Å². The Balaban J connectivity index is 2.13. The Bertz CT molecular complexity index is 771. The van der Waals surface area contributed by atoms with E-state index in [9.17, 15) is 4.39 Å². The van der Waals surface area contributed by atoms with Crippen molar-refractivity contribution in [1.82, 2.24) is 15.2 Å². The number of nitrogens with zero attached hydrogens (tertiary/aromatic N) is 3. The molecule has 0 saturated carbocycles. The maximum absolute atomic E-state index is 12.9. The number of rotatable bonds is 2. The molecule has 1 N–H and O–H groups in total. The van der Waals surface area contributed by atoms with Gasteiger partial charge in [0.15, 0.2) is 0 Å². The molecule has 0 radical (unpaired) electrons. The van der Waals surface area contributed by atoms with Crippen LogP contribution in [0.1, 0.15) is 5.56 Å².